The quantitative estimate of drug-likeness (QED) is 0.568. The molecule has 0 radical (unpaired) electrons. The average Bonchev–Trinajstić information content (AvgIpc) is 3.43. The molecule has 0 saturated carbocycles. The smallest absolute Gasteiger partial charge is 0.310 e. The highest BCUT2D eigenvalue weighted by Crippen LogP contribution is 2.39. The van der Waals surface area contributed by atoms with Gasteiger partial charge in [0.2, 0.25) is 0 Å². The normalized spacial score (nSPS) is 15.8. The molecule has 4 rings (SSSR count). The number of hydrogen-bond donors (Lipinski definition) is 0. The number of hydrazone groups is 1. The summed E-state index contributed by atoms with van der Waals surface area (Å²) in [5, 5.41) is 5.94. The number of rotatable bonds is 5. The van der Waals surface area contributed by atoms with Crippen molar-refractivity contribution in [3.8, 4) is 11.5 Å². The lowest BCUT2D eigenvalue weighted by molar-refractivity contribution is 0.0676. The zero-order valence-corrected chi connectivity index (χ0v) is 17.0. The van der Waals surface area contributed by atoms with Gasteiger partial charge in [-0.25, -0.2) is 9.40 Å². The summed E-state index contributed by atoms with van der Waals surface area (Å²) >= 11 is 6.30. The van der Waals surface area contributed by atoms with Gasteiger partial charge in [-0.1, -0.05) is 17.7 Å². The minimum absolute atomic E-state index is 0.102. The molecular weight excluding hydrogens is 411 g/mol. The van der Waals surface area contributed by atoms with E-state index in [1.807, 2.05) is 0 Å². The molecule has 8 heteroatoms. The van der Waals surface area contributed by atoms with Crippen molar-refractivity contribution < 1.29 is 23.1 Å². The van der Waals surface area contributed by atoms with E-state index in [0.717, 1.165) is 5.56 Å². The summed E-state index contributed by atoms with van der Waals surface area (Å²) in [4.78, 5) is 13.0. The van der Waals surface area contributed by atoms with Crippen molar-refractivity contribution in [3.63, 3.8) is 0 Å². The molecule has 0 fully saturated rings. The van der Waals surface area contributed by atoms with Crippen molar-refractivity contribution in [1.29, 1.82) is 0 Å². The highest BCUT2D eigenvalue weighted by atomic mass is 35.5. The number of carbonyl (C=O) groups is 1. The Balaban J connectivity index is 1.78. The van der Waals surface area contributed by atoms with E-state index in [-0.39, 0.29) is 22.8 Å². The van der Waals surface area contributed by atoms with E-state index >= 15 is 0 Å². The minimum Gasteiger partial charge on any atom is -0.493 e. The second kappa shape index (κ2) is 8.20. The lowest BCUT2D eigenvalue weighted by Crippen LogP contribution is -2.27. The fourth-order valence-corrected chi connectivity index (χ4v) is 3.74. The van der Waals surface area contributed by atoms with E-state index in [0.29, 0.717) is 17.2 Å². The number of nitrogens with zero attached hydrogens (tertiary/aromatic N) is 2. The number of carbonyl (C=O) groups excluding carboxylic acids is 1. The van der Waals surface area contributed by atoms with Crippen LogP contribution in [0.15, 0.2) is 64.3 Å². The van der Waals surface area contributed by atoms with Crippen molar-refractivity contribution in [2.75, 3.05) is 14.2 Å². The van der Waals surface area contributed by atoms with Crippen LogP contribution in [0.4, 0.5) is 4.39 Å². The molecule has 3 aromatic rings. The fraction of sp³-hybridized carbons (Fsp3) is 0.182. The number of hydrogen-bond acceptors (Lipinski definition) is 5. The van der Waals surface area contributed by atoms with Gasteiger partial charge in [-0.2, -0.15) is 5.10 Å². The van der Waals surface area contributed by atoms with Gasteiger partial charge in [-0.05, 0) is 42.5 Å². The third kappa shape index (κ3) is 3.52. The molecule has 0 spiro atoms. The van der Waals surface area contributed by atoms with Crippen LogP contribution in [0, 0.1) is 5.82 Å². The number of halogens is 2. The van der Waals surface area contributed by atoms with Crippen molar-refractivity contribution in [2.45, 2.75) is 12.5 Å². The first-order valence-corrected chi connectivity index (χ1v) is 9.52. The highest BCUT2D eigenvalue weighted by molar-refractivity contribution is 6.31. The van der Waals surface area contributed by atoms with Crippen LogP contribution in [0.5, 0.6) is 11.5 Å². The van der Waals surface area contributed by atoms with Crippen LogP contribution in [0.3, 0.4) is 0 Å². The first kappa shape index (κ1) is 20.0. The molecule has 2 heterocycles. The molecule has 1 atom stereocenters. The third-order valence-corrected chi connectivity index (χ3v) is 5.23. The van der Waals surface area contributed by atoms with Crippen LogP contribution in [0.2, 0.25) is 5.02 Å². The SMILES string of the molecule is COc1ccc(C2=NN(C(=O)c3ccco3)[C@H](c3c(F)cccc3Cl)C2)cc1OC. The van der Waals surface area contributed by atoms with Gasteiger partial charge in [-0.15, -0.1) is 0 Å². The Labute approximate surface area is 177 Å². The van der Waals surface area contributed by atoms with Gasteiger partial charge in [-0.3, -0.25) is 4.79 Å². The summed E-state index contributed by atoms with van der Waals surface area (Å²) in [7, 11) is 3.08. The summed E-state index contributed by atoms with van der Waals surface area (Å²) < 4.78 is 30.6. The molecule has 2 aromatic carbocycles. The topological polar surface area (TPSA) is 64.3 Å². The standard InChI is InChI=1S/C22H18ClFN2O4/c1-28-18-9-8-13(11-20(18)29-2)16-12-17(21-14(23)5-3-6-15(21)24)26(25-16)22(27)19-7-4-10-30-19/h3-11,17H,12H2,1-2H3/t17-/m0/s1. The van der Waals surface area contributed by atoms with E-state index in [1.54, 1.807) is 37.4 Å². The first-order valence-electron chi connectivity index (χ1n) is 9.14. The van der Waals surface area contributed by atoms with Gasteiger partial charge in [0.15, 0.2) is 17.3 Å². The summed E-state index contributed by atoms with van der Waals surface area (Å²) in [5.74, 6) is 0.198. The largest absolute Gasteiger partial charge is 0.493 e. The van der Waals surface area contributed by atoms with Crippen molar-refractivity contribution >= 4 is 23.2 Å². The summed E-state index contributed by atoms with van der Waals surface area (Å²) in [5.41, 5.74) is 1.51. The van der Waals surface area contributed by atoms with Gasteiger partial charge in [0.25, 0.3) is 0 Å². The molecule has 6 nitrogen and oxygen atoms in total. The minimum atomic E-state index is -0.723. The Hall–Kier alpha value is -3.32. The van der Waals surface area contributed by atoms with Gasteiger partial charge in [0.1, 0.15) is 5.82 Å². The molecule has 0 unspecified atom stereocenters. The van der Waals surface area contributed by atoms with E-state index < -0.39 is 17.8 Å². The monoisotopic (exact) mass is 428 g/mol. The van der Waals surface area contributed by atoms with E-state index in [4.69, 9.17) is 25.5 Å². The Kier molecular flexibility index (Phi) is 5.46. The van der Waals surface area contributed by atoms with Crippen molar-refractivity contribution in [1.82, 2.24) is 5.01 Å². The first-order chi connectivity index (χ1) is 14.5. The van der Waals surface area contributed by atoms with Crippen LogP contribution < -0.4 is 9.47 Å². The number of methoxy groups -OCH3 is 2. The van der Waals surface area contributed by atoms with Crippen LogP contribution in [-0.2, 0) is 0 Å². The number of benzene rings is 2. The second-order valence-electron chi connectivity index (χ2n) is 6.60. The fourth-order valence-electron chi connectivity index (χ4n) is 3.45. The van der Waals surface area contributed by atoms with Crippen molar-refractivity contribution in [2.24, 2.45) is 5.10 Å². The van der Waals surface area contributed by atoms with Crippen LogP contribution in [0.1, 0.15) is 34.1 Å². The molecule has 1 aromatic heterocycles. The Morgan fingerprint density at radius 2 is 1.97 bits per heavy atom. The van der Waals surface area contributed by atoms with Gasteiger partial charge >= 0.3 is 5.91 Å². The maximum absolute atomic E-state index is 14.7. The maximum Gasteiger partial charge on any atom is 0.310 e. The number of furan rings is 1. The van der Waals surface area contributed by atoms with Crippen LogP contribution >= 0.6 is 11.6 Å². The third-order valence-electron chi connectivity index (χ3n) is 4.90. The number of ether oxygens (including phenoxy) is 2. The predicted molar refractivity (Wildman–Crippen MR) is 110 cm³/mol. The van der Waals surface area contributed by atoms with E-state index in [2.05, 4.69) is 5.10 Å². The lowest BCUT2D eigenvalue weighted by Gasteiger charge is -2.22. The highest BCUT2D eigenvalue weighted by Gasteiger charge is 2.37. The molecule has 0 bridgehead atoms. The average molecular weight is 429 g/mol. The Bertz CT molecular complexity index is 1090. The van der Waals surface area contributed by atoms with Gasteiger partial charge in [0, 0.05) is 22.6 Å². The number of amides is 1. The Morgan fingerprint density at radius 1 is 1.17 bits per heavy atom. The lowest BCUT2D eigenvalue weighted by atomic mass is 9.97. The predicted octanol–water partition coefficient (Wildman–Crippen LogP) is 5.08. The summed E-state index contributed by atoms with van der Waals surface area (Å²) in [6.45, 7) is 0. The van der Waals surface area contributed by atoms with E-state index in [1.165, 1.54) is 36.6 Å². The van der Waals surface area contributed by atoms with Crippen molar-refractivity contribution in [3.05, 3.63) is 82.5 Å². The second-order valence-corrected chi connectivity index (χ2v) is 7.01. The molecule has 0 saturated heterocycles. The molecule has 0 N–H and O–H groups in total. The zero-order valence-electron chi connectivity index (χ0n) is 16.3. The maximum atomic E-state index is 14.7. The molecule has 1 aliphatic rings. The molecule has 1 aliphatic heterocycles. The molecule has 30 heavy (non-hydrogen) atoms. The van der Waals surface area contributed by atoms with Crippen LogP contribution in [0.25, 0.3) is 0 Å². The summed E-state index contributed by atoms with van der Waals surface area (Å²) in [6, 6.07) is 12.2. The molecule has 1 amide bonds. The van der Waals surface area contributed by atoms with E-state index in [9.17, 15) is 9.18 Å². The summed E-state index contributed by atoms with van der Waals surface area (Å²) in [6.07, 6.45) is 1.66. The zero-order chi connectivity index (χ0) is 21.3. The van der Waals surface area contributed by atoms with Gasteiger partial charge < -0.3 is 13.9 Å². The molecule has 0 aliphatic carbocycles. The van der Waals surface area contributed by atoms with Gasteiger partial charge in [0.05, 0.1) is 32.2 Å². The molecule has 154 valence electrons. The Morgan fingerprint density at radius 3 is 2.63 bits per heavy atom. The van der Waals surface area contributed by atoms with Crippen LogP contribution in [-0.4, -0.2) is 30.8 Å². The molecular formula is C22H18ClFN2O4.